The molecule has 1 fully saturated rings. The molecule has 3 rings (SSSR count). The lowest BCUT2D eigenvalue weighted by atomic mass is 9.98. The second-order valence-electron chi connectivity index (χ2n) is 8.27. The Bertz CT molecular complexity index is 1010. The zero-order valence-electron chi connectivity index (χ0n) is 18.1. The zero-order chi connectivity index (χ0) is 22.8. The summed E-state index contributed by atoms with van der Waals surface area (Å²) >= 11 is 0. The SMILES string of the molecule is Cc1ccc(C(=O)[C@@H](OC(=O)CCN2C(=O)NC(C)(C)C2=O)c2ccc(C)cc2)cc1. The molecular formula is C24H26N2O5. The fourth-order valence-corrected chi connectivity index (χ4v) is 3.30. The van der Waals surface area contributed by atoms with Gasteiger partial charge in [0.15, 0.2) is 6.10 Å². The van der Waals surface area contributed by atoms with E-state index in [1.54, 1.807) is 38.1 Å². The molecule has 1 N–H and O–H groups in total. The molecule has 1 aliphatic rings. The number of ether oxygens (including phenoxy) is 1. The number of carbonyl (C=O) groups excluding carboxylic acids is 4. The molecule has 7 heteroatoms. The van der Waals surface area contributed by atoms with Gasteiger partial charge in [-0.05, 0) is 27.7 Å². The maximum atomic E-state index is 13.1. The monoisotopic (exact) mass is 422 g/mol. The minimum Gasteiger partial charge on any atom is -0.449 e. The van der Waals surface area contributed by atoms with E-state index in [9.17, 15) is 19.2 Å². The number of benzene rings is 2. The lowest BCUT2D eigenvalue weighted by Crippen LogP contribution is -2.40. The summed E-state index contributed by atoms with van der Waals surface area (Å²) in [6, 6.07) is 13.7. The van der Waals surface area contributed by atoms with Gasteiger partial charge in [0.05, 0.1) is 6.42 Å². The number of aryl methyl sites for hydroxylation is 2. The molecule has 0 aliphatic carbocycles. The van der Waals surface area contributed by atoms with E-state index in [0.717, 1.165) is 16.0 Å². The van der Waals surface area contributed by atoms with E-state index in [4.69, 9.17) is 4.74 Å². The first-order valence-electron chi connectivity index (χ1n) is 10.1. The number of amides is 3. The van der Waals surface area contributed by atoms with Crippen LogP contribution in [0.25, 0.3) is 0 Å². The predicted octanol–water partition coefficient (Wildman–Crippen LogP) is 3.49. The quantitative estimate of drug-likeness (QED) is 0.419. The summed E-state index contributed by atoms with van der Waals surface area (Å²) in [6.07, 6.45) is -1.32. The van der Waals surface area contributed by atoms with Gasteiger partial charge >= 0.3 is 12.0 Å². The van der Waals surface area contributed by atoms with Crippen LogP contribution in [0, 0.1) is 13.8 Å². The highest BCUT2D eigenvalue weighted by Gasteiger charge is 2.44. The maximum absolute atomic E-state index is 13.1. The van der Waals surface area contributed by atoms with Gasteiger partial charge < -0.3 is 10.1 Å². The Balaban J connectivity index is 1.75. The first-order valence-corrected chi connectivity index (χ1v) is 10.1. The van der Waals surface area contributed by atoms with Crippen molar-refractivity contribution in [2.75, 3.05) is 6.54 Å². The Morgan fingerprint density at radius 2 is 1.52 bits per heavy atom. The number of nitrogens with zero attached hydrogens (tertiary/aromatic N) is 1. The van der Waals surface area contributed by atoms with Crippen molar-refractivity contribution in [1.29, 1.82) is 0 Å². The topological polar surface area (TPSA) is 92.8 Å². The number of Topliss-reactive ketones (excluding diaryl/α,β-unsaturated/α-hetero) is 1. The van der Waals surface area contributed by atoms with Crippen molar-refractivity contribution in [2.24, 2.45) is 0 Å². The number of hydrogen-bond acceptors (Lipinski definition) is 5. The van der Waals surface area contributed by atoms with E-state index in [2.05, 4.69) is 5.32 Å². The molecule has 31 heavy (non-hydrogen) atoms. The standard InChI is InChI=1S/C24H26N2O5/c1-15-5-9-17(10-6-15)20(28)21(18-11-7-16(2)8-12-18)31-19(27)13-14-26-22(29)24(3,4)25-23(26)30/h5-12,21H,13-14H2,1-4H3,(H,25,30)/t21-/m0/s1. The molecule has 0 aromatic heterocycles. The second-order valence-corrected chi connectivity index (χ2v) is 8.27. The van der Waals surface area contributed by atoms with Crippen molar-refractivity contribution in [3.05, 3.63) is 70.8 Å². The summed E-state index contributed by atoms with van der Waals surface area (Å²) in [4.78, 5) is 51.0. The first-order chi connectivity index (χ1) is 14.6. The molecule has 0 unspecified atom stereocenters. The average Bonchev–Trinajstić information content (AvgIpc) is 2.92. The van der Waals surface area contributed by atoms with Crippen molar-refractivity contribution < 1.29 is 23.9 Å². The minimum atomic E-state index is -1.12. The van der Waals surface area contributed by atoms with Crippen LogP contribution in [-0.2, 0) is 14.3 Å². The van der Waals surface area contributed by atoms with Crippen molar-refractivity contribution in [3.63, 3.8) is 0 Å². The molecule has 1 heterocycles. The van der Waals surface area contributed by atoms with Crippen LogP contribution >= 0.6 is 0 Å². The van der Waals surface area contributed by atoms with E-state index in [1.807, 2.05) is 38.1 Å². The summed E-state index contributed by atoms with van der Waals surface area (Å²) in [7, 11) is 0. The predicted molar refractivity (Wildman–Crippen MR) is 114 cm³/mol. The van der Waals surface area contributed by atoms with Crippen LogP contribution in [0.5, 0.6) is 0 Å². The summed E-state index contributed by atoms with van der Waals surface area (Å²) in [5.74, 6) is -1.42. The molecule has 0 radical (unpaired) electrons. The Kier molecular flexibility index (Phi) is 6.24. The molecule has 2 aromatic rings. The van der Waals surface area contributed by atoms with Crippen molar-refractivity contribution in [1.82, 2.24) is 10.2 Å². The summed E-state index contributed by atoms with van der Waals surface area (Å²) in [6.45, 7) is 6.92. The van der Waals surface area contributed by atoms with Gasteiger partial charge in [-0.3, -0.25) is 19.3 Å². The second kappa shape index (κ2) is 8.71. The fraction of sp³-hybridized carbons (Fsp3) is 0.333. The van der Waals surface area contributed by atoms with Gasteiger partial charge in [0.2, 0.25) is 5.78 Å². The van der Waals surface area contributed by atoms with Gasteiger partial charge in [0.1, 0.15) is 5.54 Å². The minimum absolute atomic E-state index is 0.119. The van der Waals surface area contributed by atoms with Crippen LogP contribution in [0.1, 0.15) is 53.4 Å². The normalized spacial score (nSPS) is 16.1. The molecule has 7 nitrogen and oxygen atoms in total. The number of nitrogens with one attached hydrogen (secondary N) is 1. The molecule has 1 atom stereocenters. The smallest absolute Gasteiger partial charge is 0.325 e. The Morgan fingerprint density at radius 3 is 2.03 bits per heavy atom. The van der Waals surface area contributed by atoms with E-state index in [0.29, 0.717) is 11.1 Å². The number of imide groups is 1. The maximum Gasteiger partial charge on any atom is 0.325 e. The Morgan fingerprint density at radius 1 is 0.968 bits per heavy atom. The molecule has 0 spiro atoms. The fourth-order valence-electron chi connectivity index (χ4n) is 3.30. The first kappa shape index (κ1) is 22.2. The van der Waals surface area contributed by atoms with E-state index in [1.165, 1.54) is 0 Å². The highest BCUT2D eigenvalue weighted by atomic mass is 16.5. The molecule has 0 saturated carbocycles. The largest absolute Gasteiger partial charge is 0.449 e. The van der Waals surface area contributed by atoms with Gasteiger partial charge in [-0.15, -0.1) is 0 Å². The van der Waals surface area contributed by atoms with Crippen LogP contribution in [0.15, 0.2) is 48.5 Å². The molecule has 0 bridgehead atoms. The van der Waals surface area contributed by atoms with Gasteiger partial charge in [0, 0.05) is 17.7 Å². The summed E-state index contributed by atoms with van der Waals surface area (Å²) in [5, 5.41) is 2.56. The summed E-state index contributed by atoms with van der Waals surface area (Å²) < 4.78 is 5.55. The van der Waals surface area contributed by atoms with Gasteiger partial charge in [-0.2, -0.15) is 0 Å². The number of ketones is 1. The molecular weight excluding hydrogens is 396 g/mol. The number of urea groups is 1. The molecule has 1 saturated heterocycles. The highest BCUT2D eigenvalue weighted by molar-refractivity contribution is 6.06. The number of rotatable bonds is 7. The van der Waals surface area contributed by atoms with Gasteiger partial charge in [-0.25, -0.2) is 4.79 Å². The summed E-state index contributed by atoms with van der Waals surface area (Å²) in [5.41, 5.74) is 2.00. The lowest BCUT2D eigenvalue weighted by molar-refractivity contribution is -0.147. The number of hydrogen-bond donors (Lipinski definition) is 1. The van der Waals surface area contributed by atoms with Gasteiger partial charge in [0.25, 0.3) is 5.91 Å². The third-order valence-corrected chi connectivity index (χ3v) is 5.19. The van der Waals surface area contributed by atoms with Crippen LogP contribution < -0.4 is 5.32 Å². The van der Waals surface area contributed by atoms with E-state index in [-0.39, 0.29) is 18.7 Å². The van der Waals surface area contributed by atoms with Crippen LogP contribution in [-0.4, -0.2) is 40.7 Å². The average molecular weight is 422 g/mol. The van der Waals surface area contributed by atoms with Gasteiger partial charge in [-0.1, -0.05) is 59.7 Å². The van der Waals surface area contributed by atoms with E-state index < -0.39 is 29.6 Å². The number of carbonyl (C=O) groups is 4. The molecule has 1 aliphatic heterocycles. The lowest BCUT2D eigenvalue weighted by Gasteiger charge is -2.19. The van der Waals surface area contributed by atoms with Crippen LogP contribution in [0.2, 0.25) is 0 Å². The van der Waals surface area contributed by atoms with Crippen LogP contribution in [0.3, 0.4) is 0 Å². The molecule has 2 aromatic carbocycles. The van der Waals surface area contributed by atoms with E-state index >= 15 is 0 Å². The molecule has 3 amide bonds. The van der Waals surface area contributed by atoms with Crippen molar-refractivity contribution >= 4 is 23.7 Å². The van der Waals surface area contributed by atoms with Crippen molar-refractivity contribution in [2.45, 2.75) is 45.8 Å². The van der Waals surface area contributed by atoms with Crippen LogP contribution in [0.4, 0.5) is 4.79 Å². The third-order valence-electron chi connectivity index (χ3n) is 5.19. The third kappa shape index (κ3) is 4.99. The Labute approximate surface area is 181 Å². The Hall–Kier alpha value is -3.48. The highest BCUT2D eigenvalue weighted by Crippen LogP contribution is 2.25. The number of esters is 1. The molecule has 162 valence electrons. The van der Waals surface area contributed by atoms with Crippen molar-refractivity contribution in [3.8, 4) is 0 Å². The zero-order valence-corrected chi connectivity index (χ0v) is 18.1.